The monoisotopic (exact) mass is 400 g/mol. The van der Waals surface area contributed by atoms with E-state index in [1.165, 1.54) is 18.4 Å². The molecule has 1 amide bonds. The predicted octanol–water partition coefficient (Wildman–Crippen LogP) is 3.10. The number of carbonyl (C=O) groups excluding carboxylic acids is 1. The standard InChI is InChI=1S/C23H36N4O2/c1-17-7-10-19(20(13-17)29-15-18-8-9-18)14-25-22(24-2)26-16-23(11-5-6-12-23)21(28)27(3)4/h7,10,13,18H,5-6,8-9,11-12,14-16H2,1-4H3,(H2,24,25,26). The number of aryl methyl sites for hydroxylation is 1. The summed E-state index contributed by atoms with van der Waals surface area (Å²) in [5, 5.41) is 6.79. The summed E-state index contributed by atoms with van der Waals surface area (Å²) < 4.78 is 6.07. The topological polar surface area (TPSA) is 66.0 Å². The van der Waals surface area contributed by atoms with Crippen LogP contribution in [-0.4, -0.2) is 51.1 Å². The first kappa shape index (κ1) is 21.5. The summed E-state index contributed by atoms with van der Waals surface area (Å²) in [6.45, 7) is 4.14. The van der Waals surface area contributed by atoms with Gasteiger partial charge in [-0.25, -0.2) is 0 Å². The van der Waals surface area contributed by atoms with Crippen molar-refractivity contribution in [1.29, 1.82) is 0 Å². The number of rotatable bonds is 8. The van der Waals surface area contributed by atoms with Gasteiger partial charge in [-0.3, -0.25) is 9.79 Å². The molecule has 0 saturated heterocycles. The molecule has 0 aliphatic heterocycles. The van der Waals surface area contributed by atoms with Gasteiger partial charge in [-0.15, -0.1) is 0 Å². The maximum Gasteiger partial charge on any atom is 0.230 e. The summed E-state index contributed by atoms with van der Waals surface area (Å²) in [6, 6.07) is 6.34. The first-order chi connectivity index (χ1) is 13.9. The van der Waals surface area contributed by atoms with Crippen LogP contribution in [0.15, 0.2) is 23.2 Å². The first-order valence-electron chi connectivity index (χ1n) is 10.8. The molecule has 1 aromatic carbocycles. The number of hydrogen-bond acceptors (Lipinski definition) is 3. The number of aliphatic imine (C=N–C) groups is 1. The Hall–Kier alpha value is -2.24. The van der Waals surface area contributed by atoms with Crippen molar-refractivity contribution in [2.45, 2.75) is 52.0 Å². The van der Waals surface area contributed by atoms with Gasteiger partial charge in [-0.05, 0) is 50.2 Å². The number of hydrogen-bond donors (Lipinski definition) is 2. The normalized spacial score (nSPS) is 18.4. The zero-order valence-electron chi connectivity index (χ0n) is 18.4. The summed E-state index contributed by atoms with van der Waals surface area (Å²) in [7, 11) is 5.45. The lowest BCUT2D eigenvalue weighted by Crippen LogP contribution is -2.49. The zero-order valence-corrected chi connectivity index (χ0v) is 18.4. The number of nitrogens with zero attached hydrogens (tertiary/aromatic N) is 2. The molecule has 6 heteroatoms. The van der Waals surface area contributed by atoms with E-state index in [9.17, 15) is 4.79 Å². The molecular formula is C23H36N4O2. The van der Waals surface area contributed by atoms with Crippen LogP contribution in [-0.2, 0) is 11.3 Å². The van der Waals surface area contributed by atoms with Crippen LogP contribution in [0.5, 0.6) is 5.75 Å². The molecule has 6 nitrogen and oxygen atoms in total. The second kappa shape index (κ2) is 9.51. The lowest BCUT2D eigenvalue weighted by Gasteiger charge is -2.31. The van der Waals surface area contributed by atoms with E-state index in [0.717, 1.165) is 55.5 Å². The number of carbonyl (C=O) groups is 1. The molecule has 0 heterocycles. The molecule has 3 rings (SSSR count). The molecule has 0 atom stereocenters. The lowest BCUT2D eigenvalue weighted by molar-refractivity contribution is -0.138. The SMILES string of the molecule is CN=C(NCc1ccc(C)cc1OCC1CC1)NCC1(C(=O)N(C)C)CCCC1. The van der Waals surface area contributed by atoms with Crippen LogP contribution in [0.3, 0.4) is 0 Å². The van der Waals surface area contributed by atoms with Gasteiger partial charge in [-0.2, -0.15) is 0 Å². The Morgan fingerprint density at radius 3 is 2.59 bits per heavy atom. The van der Waals surface area contributed by atoms with Gasteiger partial charge in [0.15, 0.2) is 5.96 Å². The van der Waals surface area contributed by atoms with Gasteiger partial charge in [0, 0.05) is 39.8 Å². The average Bonchev–Trinajstić information content (AvgIpc) is 3.42. The Balaban J connectivity index is 1.58. The molecule has 0 radical (unpaired) electrons. The van der Waals surface area contributed by atoms with E-state index in [4.69, 9.17) is 4.74 Å². The Morgan fingerprint density at radius 1 is 1.24 bits per heavy atom. The third-order valence-corrected chi connectivity index (χ3v) is 6.08. The number of guanidine groups is 1. The third-order valence-electron chi connectivity index (χ3n) is 6.08. The van der Waals surface area contributed by atoms with Crippen molar-refractivity contribution >= 4 is 11.9 Å². The molecule has 0 aromatic heterocycles. The zero-order chi connectivity index (χ0) is 20.9. The number of nitrogens with one attached hydrogen (secondary N) is 2. The molecule has 2 aliphatic rings. The quantitative estimate of drug-likeness (QED) is 0.520. The highest BCUT2D eigenvalue weighted by atomic mass is 16.5. The van der Waals surface area contributed by atoms with Gasteiger partial charge in [0.25, 0.3) is 0 Å². The van der Waals surface area contributed by atoms with Crippen molar-refractivity contribution in [2.75, 3.05) is 34.3 Å². The fourth-order valence-corrected chi connectivity index (χ4v) is 4.08. The van der Waals surface area contributed by atoms with Crippen LogP contribution in [0.4, 0.5) is 0 Å². The van der Waals surface area contributed by atoms with Crippen molar-refractivity contribution in [1.82, 2.24) is 15.5 Å². The summed E-state index contributed by atoms with van der Waals surface area (Å²) in [5.74, 6) is 2.61. The molecule has 2 aliphatic carbocycles. The lowest BCUT2D eigenvalue weighted by atomic mass is 9.84. The molecule has 160 valence electrons. The summed E-state index contributed by atoms with van der Waals surface area (Å²) >= 11 is 0. The van der Waals surface area contributed by atoms with Gasteiger partial charge < -0.3 is 20.3 Å². The highest BCUT2D eigenvalue weighted by molar-refractivity contribution is 5.85. The second-order valence-corrected chi connectivity index (χ2v) is 8.83. The molecule has 29 heavy (non-hydrogen) atoms. The van der Waals surface area contributed by atoms with Gasteiger partial charge in [0.1, 0.15) is 5.75 Å². The molecule has 0 bridgehead atoms. The van der Waals surface area contributed by atoms with Gasteiger partial charge in [0.05, 0.1) is 12.0 Å². The predicted molar refractivity (Wildman–Crippen MR) is 117 cm³/mol. The Labute approximate surface area is 175 Å². The van der Waals surface area contributed by atoms with E-state index in [0.29, 0.717) is 13.1 Å². The van der Waals surface area contributed by atoms with Crippen LogP contribution >= 0.6 is 0 Å². The van der Waals surface area contributed by atoms with Crippen LogP contribution in [0.1, 0.15) is 49.7 Å². The minimum Gasteiger partial charge on any atom is -0.493 e. The molecular weight excluding hydrogens is 364 g/mol. The van der Waals surface area contributed by atoms with Crippen LogP contribution < -0.4 is 15.4 Å². The number of amides is 1. The highest BCUT2D eigenvalue weighted by Gasteiger charge is 2.42. The first-order valence-corrected chi connectivity index (χ1v) is 10.8. The summed E-state index contributed by atoms with van der Waals surface area (Å²) in [5.41, 5.74) is 2.01. The number of ether oxygens (including phenoxy) is 1. The third kappa shape index (κ3) is 5.64. The van der Waals surface area contributed by atoms with Crippen LogP contribution in [0.25, 0.3) is 0 Å². The van der Waals surface area contributed by atoms with E-state index in [-0.39, 0.29) is 11.3 Å². The van der Waals surface area contributed by atoms with E-state index in [1.54, 1.807) is 11.9 Å². The molecule has 0 spiro atoms. The highest BCUT2D eigenvalue weighted by Crippen LogP contribution is 2.39. The van der Waals surface area contributed by atoms with E-state index in [1.807, 2.05) is 14.1 Å². The summed E-state index contributed by atoms with van der Waals surface area (Å²) in [6.07, 6.45) is 6.65. The molecule has 0 unspecified atom stereocenters. The number of benzene rings is 1. The van der Waals surface area contributed by atoms with E-state index < -0.39 is 0 Å². The summed E-state index contributed by atoms with van der Waals surface area (Å²) in [4.78, 5) is 18.8. The smallest absolute Gasteiger partial charge is 0.230 e. The van der Waals surface area contributed by atoms with Gasteiger partial charge in [-0.1, -0.05) is 25.0 Å². The van der Waals surface area contributed by atoms with Crippen molar-refractivity contribution in [3.05, 3.63) is 29.3 Å². The maximum atomic E-state index is 12.8. The fourth-order valence-electron chi connectivity index (χ4n) is 4.08. The minimum atomic E-state index is -0.316. The average molecular weight is 401 g/mol. The Morgan fingerprint density at radius 2 is 1.97 bits per heavy atom. The van der Waals surface area contributed by atoms with Crippen molar-refractivity contribution in [3.8, 4) is 5.75 Å². The maximum absolute atomic E-state index is 12.8. The second-order valence-electron chi connectivity index (χ2n) is 8.83. The van der Waals surface area contributed by atoms with Gasteiger partial charge >= 0.3 is 0 Å². The molecule has 2 saturated carbocycles. The Kier molecular flexibility index (Phi) is 7.04. The van der Waals surface area contributed by atoms with E-state index in [2.05, 4.69) is 40.7 Å². The van der Waals surface area contributed by atoms with E-state index >= 15 is 0 Å². The van der Waals surface area contributed by atoms with Crippen molar-refractivity contribution in [3.63, 3.8) is 0 Å². The van der Waals surface area contributed by atoms with Crippen molar-refractivity contribution in [2.24, 2.45) is 16.3 Å². The van der Waals surface area contributed by atoms with Gasteiger partial charge in [0.2, 0.25) is 5.91 Å². The minimum absolute atomic E-state index is 0.215. The van der Waals surface area contributed by atoms with Crippen LogP contribution in [0.2, 0.25) is 0 Å². The Bertz CT molecular complexity index is 734. The van der Waals surface area contributed by atoms with Crippen molar-refractivity contribution < 1.29 is 9.53 Å². The largest absolute Gasteiger partial charge is 0.493 e. The molecule has 2 fully saturated rings. The fraction of sp³-hybridized carbons (Fsp3) is 0.652. The molecule has 1 aromatic rings. The molecule has 2 N–H and O–H groups in total. The van der Waals surface area contributed by atoms with Crippen LogP contribution in [0, 0.1) is 18.3 Å².